The minimum absolute atomic E-state index is 0.206. The minimum Gasteiger partial charge on any atom is -0.376 e. The zero-order valence-corrected chi connectivity index (χ0v) is 13.4. The molecule has 2 fully saturated rings. The molecule has 0 amide bonds. The van der Waals surface area contributed by atoms with Gasteiger partial charge in [-0.3, -0.25) is 0 Å². The van der Waals surface area contributed by atoms with Crippen molar-refractivity contribution in [3.63, 3.8) is 0 Å². The van der Waals surface area contributed by atoms with Crippen LogP contribution in [-0.4, -0.2) is 38.3 Å². The molecule has 126 valence electrons. The first-order valence-corrected chi connectivity index (χ1v) is 8.42. The van der Waals surface area contributed by atoms with Gasteiger partial charge in [-0.25, -0.2) is 9.38 Å². The van der Waals surface area contributed by atoms with Crippen LogP contribution in [-0.2, 0) is 11.3 Å². The number of halogens is 1. The van der Waals surface area contributed by atoms with Crippen molar-refractivity contribution in [2.45, 2.75) is 38.3 Å². The van der Waals surface area contributed by atoms with Gasteiger partial charge >= 0.3 is 0 Å². The number of guanidine groups is 1. The van der Waals surface area contributed by atoms with E-state index >= 15 is 0 Å². The van der Waals surface area contributed by atoms with Crippen molar-refractivity contribution < 1.29 is 9.13 Å². The Morgan fingerprint density at radius 1 is 1.35 bits per heavy atom. The highest BCUT2D eigenvalue weighted by molar-refractivity contribution is 5.78. The fraction of sp³-hybridized carbons (Fsp3) is 0.588. The van der Waals surface area contributed by atoms with E-state index in [1.807, 2.05) is 6.07 Å². The molecule has 1 aromatic carbocycles. The van der Waals surface area contributed by atoms with Gasteiger partial charge in [-0.05, 0) is 37.8 Å². The van der Waals surface area contributed by atoms with Crippen molar-refractivity contribution in [3.05, 3.63) is 29.6 Å². The van der Waals surface area contributed by atoms with Crippen LogP contribution in [0.5, 0.6) is 0 Å². The van der Waals surface area contributed by atoms with E-state index in [0.29, 0.717) is 18.1 Å². The minimum atomic E-state index is -0.218. The number of hydrogen-bond acceptors (Lipinski definition) is 3. The average Bonchev–Trinajstić information content (AvgIpc) is 3.24. The predicted octanol–water partition coefficient (Wildman–Crippen LogP) is 2.01. The summed E-state index contributed by atoms with van der Waals surface area (Å²) in [6, 6.07) is 5.21. The van der Waals surface area contributed by atoms with E-state index in [2.05, 4.69) is 15.2 Å². The van der Waals surface area contributed by atoms with E-state index in [0.717, 1.165) is 51.1 Å². The summed E-state index contributed by atoms with van der Waals surface area (Å²) in [5.41, 5.74) is 7.46. The van der Waals surface area contributed by atoms with E-state index in [1.165, 1.54) is 6.07 Å². The van der Waals surface area contributed by atoms with Gasteiger partial charge in [0.2, 0.25) is 0 Å². The predicted molar refractivity (Wildman–Crippen MR) is 90.2 cm³/mol. The SMILES string of the molecule is NC(=NCc1c(F)cccc1N1CCCC1)NCC1CCCO1. The summed E-state index contributed by atoms with van der Waals surface area (Å²) >= 11 is 0. The van der Waals surface area contributed by atoms with Crippen LogP contribution in [0.15, 0.2) is 23.2 Å². The monoisotopic (exact) mass is 320 g/mol. The molecule has 1 atom stereocenters. The summed E-state index contributed by atoms with van der Waals surface area (Å²) in [4.78, 5) is 6.54. The molecule has 23 heavy (non-hydrogen) atoms. The zero-order valence-electron chi connectivity index (χ0n) is 13.4. The maximum atomic E-state index is 14.2. The topological polar surface area (TPSA) is 62.9 Å². The fourth-order valence-electron chi connectivity index (χ4n) is 3.20. The lowest BCUT2D eigenvalue weighted by atomic mass is 10.1. The second-order valence-corrected chi connectivity index (χ2v) is 6.15. The molecule has 0 aliphatic carbocycles. The number of hydrogen-bond donors (Lipinski definition) is 2. The summed E-state index contributed by atoms with van der Waals surface area (Å²) < 4.78 is 19.7. The zero-order chi connectivity index (χ0) is 16.1. The van der Waals surface area contributed by atoms with Crippen LogP contribution in [0.1, 0.15) is 31.2 Å². The third kappa shape index (κ3) is 4.13. The fourth-order valence-corrected chi connectivity index (χ4v) is 3.20. The van der Waals surface area contributed by atoms with Crippen LogP contribution >= 0.6 is 0 Å². The lowest BCUT2D eigenvalue weighted by Gasteiger charge is -2.21. The van der Waals surface area contributed by atoms with E-state index in [-0.39, 0.29) is 18.5 Å². The summed E-state index contributed by atoms with van der Waals surface area (Å²) in [6.45, 7) is 3.69. The first-order chi connectivity index (χ1) is 11.2. The Labute approximate surface area is 136 Å². The molecule has 0 bridgehead atoms. The van der Waals surface area contributed by atoms with Crippen LogP contribution in [0.3, 0.4) is 0 Å². The van der Waals surface area contributed by atoms with Crippen LogP contribution in [0.4, 0.5) is 10.1 Å². The largest absolute Gasteiger partial charge is 0.376 e. The lowest BCUT2D eigenvalue weighted by molar-refractivity contribution is 0.114. The first-order valence-electron chi connectivity index (χ1n) is 8.42. The molecular formula is C17H25FN4O. The molecule has 0 aromatic heterocycles. The molecule has 0 radical (unpaired) electrons. The molecule has 0 spiro atoms. The first kappa shape index (κ1) is 16.1. The highest BCUT2D eigenvalue weighted by Gasteiger charge is 2.18. The lowest BCUT2D eigenvalue weighted by Crippen LogP contribution is -2.37. The molecule has 2 aliphatic rings. The van der Waals surface area contributed by atoms with Gasteiger partial charge in [0.25, 0.3) is 0 Å². The van der Waals surface area contributed by atoms with Gasteiger partial charge in [0.1, 0.15) is 5.82 Å². The molecule has 2 heterocycles. The summed E-state index contributed by atoms with van der Waals surface area (Å²) in [5, 5.41) is 3.07. The Balaban J connectivity index is 1.63. The number of aliphatic imine (C=N–C) groups is 1. The molecular weight excluding hydrogens is 295 g/mol. The number of nitrogens with two attached hydrogens (primary N) is 1. The second kappa shape index (κ2) is 7.64. The molecule has 6 heteroatoms. The molecule has 3 N–H and O–H groups in total. The third-order valence-electron chi connectivity index (χ3n) is 4.48. The Morgan fingerprint density at radius 3 is 2.91 bits per heavy atom. The van der Waals surface area contributed by atoms with Gasteiger partial charge in [0.15, 0.2) is 5.96 Å². The molecule has 1 unspecified atom stereocenters. The standard InChI is InChI=1S/C17H25FN4O/c18-15-6-3-7-16(22-8-1-2-9-22)14(15)12-21-17(19)20-11-13-5-4-10-23-13/h3,6-7,13H,1-2,4-5,8-12H2,(H3,19,20,21). The molecule has 5 nitrogen and oxygen atoms in total. The van der Waals surface area contributed by atoms with E-state index in [1.54, 1.807) is 6.07 Å². The van der Waals surface area contributed by atoms with Gasteiger partial charge in [-0.15, -0.1) is 0 Å². The molecule has 2 aliphatic heterocycles. The van der Waals surface area contributed by atoms with Crippen molar-refractivity contribution >= 4 is 11.6 Å². The smallest absolute Gasteiger partial charge is 0.189 e. The van der Waals surface area contributed by atoms with Crippen molar-refractivity contribution in [1.82, 2.24) is 5.32 Å². The number of rotatable bonds is 5. The number of nitrogens with one attached hydrogen (secondary N) is 1. The maximum Gasteiger partial charge on any atom is 0.189 e. The van der Waals surface area contributed by atoms with E-state index in [9.17, 15) is 4.39 Å². The van der Waals surface area contributed by atoms with E-state index in [4.69, 9.17) is 10.5 Å². The Hall–Kier alpha value is -1.82. The van der Waals surface area contributed by atoms with Gasteiger partial charge in [0.05, 0.1) is 12.6 Å². The Kier molecular flexibility index (Phi) is 5.33. The third-order valence-corrected chi connectivity index (χ3v) is 4.48. The highest BCUT2D eigenvalue weighted by atomic mass is 19.1. The van der Waals surface area contributed by atoms with Crippen LogP contribution in [0, 0.1) is 5.82 Å². The summed E-state index contributed by atoms with van der Waals surface area (Å²) in [5.74, 6) is 0.126. The molecule has 0 saturated carbocycles. The van der Waals surface area contributed by atoms with Gasteiger partial charge in [-0.1, -0.05) is 6.07 Å². The maximum absolute atomic E-state index is 14.2. The van der Waals surface area contributed by atoms with Gasteiger partial charge < -0.3 is 20.7 Å². The summed E-state index contributed by atoms with van der Waals surface area (Å²) in [7, 11) is 0. The Bertz CT molecular complexity index is 552. The highest BCUT2D eigenvalue weighted by Crippen LogP contribution is 2.27. The molecule has 3 rings (SSSR count). The van der Waals surface area contributed by atoms with Crippen molar-refractivity contribution in [3.8, 4) is 0 Å². The normalized spacial score (nSPS) is 21.9. The van der Waals surface area contributed by atoms with Crippen LogP contribution in [0.25, 0.3) is 0 Å². The van der Waals surface area contributed by atoms with E-state index < -0.39 is 0 Å². The number of nitrogens with zero attached hydrogens (tertiary/aromatic N) is 2. The summed E-state index contributed by atoms with van der Waals surface area (Å²) in [6.07, 6.45) is 4.66. The molecule has 2 saturated heterocycles. The van der Waals surface area contributed by atoms with Gasteiger partial charge in [0, 0.05) is 37.5 Å². The Morgan fingerprint density at radius 2 is 2.17 bits per heavy atom. The van der Waals surface area contributed by atoms with Crippen LogP contribution < -0.4 is 16.0 Å². The second-order valence-electron chi connectivity index (χ2n) is 6.15. The van der Waals surface area contributed by atoms with Crippen molar-refractivity contribution in [1.29, 1.82) is 0 Å². The number of benzene rings is 1. The molecule has 1 aromatic rings. The number of anilines is 1. The van der Waals surface area contributed by atoms with Crippen molar-refractivity contribution in [2.75, 3.05) is 31.1 Å². The van der Waals surface area contributed by atoms with Crippen molar-refractivity contribution in [2.24, 2.45) is 10.7 Å². The van der Waals surface area contributed by atoms with Crippen LogP contribution in [0.2, 0.25) is 0 Å². The number of ether oxygens (including phenoxy) is 1. The average molecular weight is 320 g/mol. The van der Waals surface area contributed by atoms with Gasteiger partial charge in [-0.2, -0.15) is 0 Å². The quantitative estimate of drug-likeness (QED) is 0.643.